The Balaban J connectivity index is 2.19. The number of nitrogens with two attached hydrogens (primary N) is 1. The normalized spacial score (nSPS) is 11.0. The molecule has 1 aromatic carbocycles. The van der Waals surface area contributed by atoms with E-state index in [9.17, 15) is 0 Å². The zero-order chi connectivity index (χ0) is 12.7. The molecule has 18 heavy (non-hydrogen) atoms. The van der Waals surface area contributed by atoms with Crippen molar-refractivity contribution in [1.82, 2.24) is 15.0 Å². The van der Waals surface area contributed by atoms with E-state index in [4.69, 9.17) is 17.3 Å². The molecule has 0 unspecified atom stereocenters. The van der Waals surface area contributed by atoms with Gasteiger partial charge >= 0.3 is 0 Å². The van der Waals surface area contributed by atoms with Crippen LogP contribution in [0.4, 0.5) is 5.69 Å². The summed E-state index contributed by atoms with van der Waals surface area (Å²) in [6.07, 6.45) is 1.78. The summed E-state index contributed by atoms with van der Waals surface area (Å²) in [5.74, 6) is 0.742. The Kier molecular flexibility index (Phi) is 2.45. The highest BCUT2D eigenvalue weighted by atomic mass is 35.5. The summed E-state index contributed by atoms with van der Waals surface area (Å²) in [7, 11) is 0. The van der Waals surface area contributed by atoms with Crippen LogP contribution in [0.2, 0.25) is 5.02 Å². The molecule has 2 aromatic heterocycles. The van der Waals surface area contributed by atoms with Crippen molar-refractivity contribution in [2.45, 2.75) is 6.92 Å². The fraction of sp³-hybridized carbons (Fsp3) is 0.0769. The van der Waals surface area contributed by atoms with Crippen molar-refractivity contribution in [2.75, 3.05) is 5.73 Å². The number of nitrogens with zero attached hydrogens (tertiary/aromatic N) is 2. The van der Waals surface area contributed by atoms with Crippen LogP contribution in [-0.4, -0.2) is 15.0 Å². The maximum absolute atomic E-state index is 5.96. The Hall–Kier alpha value is -2.07. The molecule has 0 radical (unpaired) electrons. The van der Waals surface area contributed by atoms with Gasteiger partial charge in [-0.05, 0) is 31.2 Å². The van der Waals surface area contributed by atoms with Crippen LogP contribution in [0.15, 0.2) is 30.5 Å². The molecule has 0 bridgehead atoms. The number of H-pyrrole nitrogens is 1. The quantitative estimate of drug-likeness (QED) is 0.659. The standard InChI is InChI=1S/C13H11ClN4/c1-7-2-3-8(6-16-7)13-17-11-5-9(14)4-10(15)12(11)18-13/h2-6H,15H2,1H3,(H,17,18). The Morgan fingerprint density at radius 3 is 2.83 bits per heavy atom. The summed E-state index contributed by atoms with van der Waals surface area (Å²) in [6.45, 7) is 1.94. The predicted molar refractivity (Wildman–Crippen MR) is 73.5 cm³/mol. The fourth-order valence-electron chi connectivity index (χ4n) is 1.85. The number of aromatic amines is 1. The Labute approximate surface area is 109 Å². The van der Waals surface area contributed by atoms with E-state index < -0.39 is 0 Å². The zero-order valence-corrected chi connectivity index (χ0v) is 10.5. The molecule has 3 N–H and O–H groups in total. The maximum atomic E-state index is 5.96. The van der Waals surface area contributed by atoms with E-state index in [1.165, 1.54) is 0 Å². The van der Waals surface area contributed by atoms with Gasteiger partial charge in [0.1, 0.15) is 11.3 Å². The lowest BCUT2D eigenvalue weighted by Gasteiger charge is -1.95. The van der Waals surface area contributed by atoms with Crippen LogP contribution in [0, 0.1) is 6.92 Å². The minimum absolute atomic E-state index is 0.570. The van der Waals surface area contributed by atoms with E-state index >= 15 is 0 Å². The lowest BCUT2D eigenvalue weighted by molar-refractivity contribution is 1.19. The third-order valence-corrected chi connectivity index (χ3v) is 2.98. The van der Waals surface area contributed by atoms with Crippen LogP contribution in [0.25, 0.3) is 22.4 Å². The van der Waals surface area contributed by atoms with Gasteiger partial charge in [-0.2, -0.15) is 0 Å². The van der Waals surface area contributed by atoms with Crippen LogP contribution in [0.1, 0.15) is 5.69 Å². The third-order valence-electron chi connectivity index (χ3n) is 2.77. The van der Waals surface area contributed by atoms with Crippen LogP contribution in [0.5, 0.6) is 0 Å². The highest BCUT2D eigenvalue weighted by Crippen LogP contribution is 2.27. The molecule has 0 spiro atoms. The molecule has 3 rings (SSSR count). The molecule has 5 heteroatoms. The van der Waals surface area contributed by atoms with E-state index in [0.717, 1.165) is 28.1 Å². The molecule has 4 nitrogen and oxygen atoms in total. The van der Waals surface area contributed by atoms with Crippen molar-refractivity contribution in [3.63, 3.8) is 0 Å². The summed E-state index contributed by atoms with van der Waals surface area (Å²) < 4.78 is 0. The largest absolute Gasteiger partial charge is 0.397 e. The number of aromatic nitrogens is 3. The molecule has 2 heterocycles. The summed E-state index contributed by atoms with van der Waals surface area (Å²) in [4.78, 5) is 11.9. The van der Waals surface area contributed by atoms with Crippen LogP contribution in [0.3, 0.4) is 0 Å². The minimum atomic E-state index is 0.570. The smallest absolute Gasteiger partial charge is 0.140 e. The Morgan fingerprint density at radius 1 is 1.28 bits per heavy atom. The van der Waals surface area contributed by atoms with Gasteiger partial charge in [0.15, 0.2) is 0 Å². The first-order chi connectivity index (χ1) is 8.63. The molecule has 0 aliphatic heterocycles. The molecule has 3 aromatic rings. The molecule has 0 aliphatic carbocycles. The van der Waals surface area contributed by atoms with E-state index in [0.29, 0.717) is 10.7 Å². The molecular formula is C13H11ClN4. The highest BCUT2D eigenvalue weighted by molar-refractivity contribution is 6.31. The Morgan fingerprint density at radius 2 is 2.11 bits per heavy atom. The number of anilines is 1. The van der Waals surface area contributed by atoms with Crippen molar-refractivity contribution in [1.29, 1.82) is 0 Å². The molecule has 90 valence electrons. The van der Waals surface area contributed by atoms with E-state index in [1.54, 1.807) is 12.3 Å². The number of halogens is 1. The number of fused-ring (bicyclic) bond motifs is 1. The van der Waals surface area contributed by atoms with Gasteiger partial charge in [-0.15, -0.1) is 0 Å². The molecular weight excluding hydrogens is 248 g/mol. The number of pyridine rings is 1. The summed E-state index contributed by atoms with van der Waals surface area (Å²) in [5, 5.41) is 0.595. The topological polar surface area (TPSA) is 67.6 Å². The average Bonchev–Trinajstić information content (AvgIpc) is 2.74. The number of hydrogen-bond donors (Lipinski definition) is 2. The first-order valence-electron chi connectivity index (χ1n) is 5.51. The lowest BCUT2D eigenvalue weighted by Crippen LogP contribution is -1.86. The second-order valence-corrected chi connectivity index (χ2v) is 4.60. The van der Waals surface area contributed by atoms with Crippen LogP contribution < -0.4 is 5.73 Å². The van der Waals surface area contributed by atoms with Crippen molar-refractivity contribution in [3.8, 4) is 11.4 Å². The van der Waals surface area contributed by atoms with Gasteiger partial charge in [0.05, 0.1) is 11.2 Å². The number of hydrogen-bond acceptors (Lipinski definition) is 3. The minimum Gasteiger partial charge on any atom is -0.397 e. The molecule has 0 fully saturated rings. The highest BCUT2D eigenvalue weighted by Gasteiger charge is 2.08. The fourth-order valence-corrected chi connectivity index (χ4v) is 2.08. The summed E-state index contributed by atoms with van der Waals surface area (Å²) >= 11 is 5.96. The van der Waals surface area contributed by atoms with E-state index in [2.05, 4.69) is 15.0 Å². The number of rotatable bonds is 1. The molecule has 0 aliphatic rings. The van der Waals surface area contributed by atoms with Gasteiger partial charge in [-0.25, -0.2) is 4.98 Å². The van der Waals surface area contributed by atoms with Crippen molar-refractivity contribution < 1.29 is 0 Å². The first-order valence-corrected chi connectivity index (χ1v) is 5.89. The number of benzene rings is 1. The third kappa shape index (κ3) is 1.80. The van der Waals surface area contributed by atoms with Gasteiger partial charge in [-0.1, -0.05) is 11.6 Å². The number of imidazole rings is 1. The second-order valence-electron chi connectivity index (χ2n) is 4.16. The van der Waals surface area contributed by atoms with Crippen molar-refractivity contribution >= 4 is 28.3 Å². The van der Waals surface area contributed by atoms with Crippen molar-refractivity contribution in [3.05, 3.63) is 41.2 Å². The van der Waals surface area contributed by atoms with Crippen LogP contribution in [-0.2, 0) is 0 Å². The van der Waals surface area contributed by atoms with Gasteiger partial charge in [0.2, 0.25) is 0 Å². The Bertz CT molecular complexity index is 716. The number of nitrogen functional groups attached to an aromatic ring is 1. The first kappa shape index (κ1) is 11.0. The number of nitrogens with one attached hydrogen (secondary N) is 1. The lowest BCUT2D eigenvalue weighted by atomic mass is 10.2. The average molecular weight is 259 g/mol. The molecule has 0 saturated carbocycles. The molecule has 0 amide bonds. The van der Waals surface area contributed by atoms with Gasteiger partial charge < -0.3 is 10.7 Å². The second kappa shape index (κ2) is 3.99. The van der Waals surface area contributed by atoms with E-state index in [-0.39, 0.29) is 0 Å². The van der Waals surface area contributed by atoms with E-state index in [1.807, 2.05) is 25.1 Å². The molecule has 0 atom stereocenters. The predicted octanol–water partition coefficient (Wildman–Crippen LogP) is 3.17. The summed E-state index contributed by atoms with van der Waals surface area (Å²) in [6, 6.07) is 7.42. The van der Waals surface area contributed by atoms with Gasteiger partial charge in [0, 0.05) is 22.5 Å². The van der Waals surface area contributed by atoms with Gasteiger partial charge in [-0.3, -0.25) is 4.98 Å². The van der Waals surface area contributed by atoms with Gasteiger partial charge in [0.25, 0.3) is 0 Å². The molecule has 0 saturated heterocycles. The maximum Gasteiger partial charge on any atom is 0.140 e. The van der Waals surface area contributed by atoms with Crippen molar-refractivity contribution in [2.24, 2.45) is 0 Å². The van der Waals surface area contributed by atoms with Crippen LogP contribution >= 0.6 is 11.6 Å². The summed E-state index contributed by atoms with van der Waals surface area (Å²) in [5.41, 5.74) is 9.91. The monoisotopic (exact) mass is 258 g/mol. The SMILES string of the molecule is Cc1ccc(-c2nc3c(N)cc(Cl)cc3[nH]2)cn1. The number of aryl methyl sites for hydroxylation is 1. The zero-order valence-electron chi connectivity index (χ0n) is 9.74.